The number of hydrogen-bond acceptors (Lipinski definition) is 2. The number of rotatable bonds is 1. The maximum Gasteiger partial charge on any atom is 0.167 e. The third-order valence-corrected chi connectivity index (χ3v) is 1.54. The summed E-state index contributed by atoms with van der Waals surface area (Å²) < 4.78 is 17.6. The Morgan fingerprint density at radius 1 is 1.45 bits per heavy atom. The zero-order chi connectivity index (χ0) is 8.43. The molecule has 1 aromatic carbocycles. The first-order valence-corrected chi connectivity index (χ1v) is 3.24. The topological polar surface area (TPSA) is 35.2 Å². The Kier molecular flexibility index (Phi) is 1.98. The predicted molar refractivity (Wildman–Crippen MR) is 42.1 cm³/mol. The van der Waals surface area contributed by atoms with Gasteiger partial charge in [0.05, 0.1) is 7.11 Å². The van der Waals surface area contributed by atoms with E-state index >= 15 is 0 Å². The lowest BCUT2D eigenvalue weighted by Gasteiger charge is -2.04. The van der Waals surface area contributed by atoms with E-state index in [0.717, 1.165) is 5.56 Å². The molecule has 1 rings (SSSR count). The van der Waals surface area contributed by atoms with Crippen molar-refractivity contribution >= 4 is 5.69 Å². The molecule has 0 radical (unpaired) electrons. The molecule has 0 heterocycles. The van der Waals surface area contributed by atoms with Gasteiger partial charge in [-0.05, 0) is 18.6 Å². The van der Waals surface area contributed by atoms with Crippen molar-refractivity contribution in [3.63, 3.8) is 0 Å². The van der Waals surface area contributed by atoms with Crippen molar-refractivity contribution in [1.29, 1.82) is 0 Å². The molecule has 0 saturated carbocycles. The quantitative estimate of drug-likeness (QED) is 0.627. The molecule has 11 heavy (non-hydrogen) atoms. The molecule has 0 amide bonds. The van der Waals surface area contributed by atoms with E-state index in [1.165, 1.54) is 13.2 Å². The van der Waals surface area contributed by atoms with Crippen molar-refractivity contribution in [3.05, 3.63) is 23.5 Å². The number of nitrogens with two attached hydrogens (primary N) is 1. The first kappa shape index (κ1) is 7.85. The van der Waals surface area contributed by atoms with Crippen molar-refractivity contribution in [2.24, 2.45) is 0 Å². The predicted octanol–water partition coefficient (Wildman–Crippen LogP) is 1.72. The monoisotopic (exact) mass is 155 g/mol. The van der Waals surface area contributed by atoms with Gasteiger partial charge >= 0.3 is 0 Å². The largest absolute Gasteiger partial charge is 0.494 e. The van der Waals surface area contributed by atoms with E-state index in [9.17, 15) is 4.39 Å². The molecule has 0 aliphatic rings. The molecular weight excluding hydrogens is 145 g/mol. The van der Waals surface area contributed by atoms with E-state index in [0.29, 0.717) is 5.69 Å². The number of aryl methyl sites for hydroxylation is 1. The fraction of sp³-hybridized carbons (Fsp3) is 0.250. The summed E-state index contributed by atoms with van der Waals surface area (Å²) in [6.07, 6.45) is 0. The number of nitrogen functional groups attached to an aromatic ring is 1. The summed E-state index contributed by atoms with van der Waals surface area (Å²) in [7, 11) is 1.42. The molecule has 0 saturated heterocycles. The van der Waals surface area contributed by atoms with E-state index in [-0.39, 0.29) is 5.75 Å². The summed E-state index contributed by atoms with van der Waals surface area (Å²) in [6, 6.07) is 2.83. The lowest BCUT2D eigenvalue weighted by atomic mass is 10.2. The van der Waals surface area contributed by atoms with Gasteiger partial charge in [0.2, 0.25) is 0 Å². The summed E-state index contributed by atoms with van der Waals surface area (Å²) in [5.41, 5.74) is 6.72. The van der Waals surface area contributed by atoms with Crippen LogP contribution in [0, 0.1) is 12.7 Å². The lowest BCUT2D eigenvalue weighted by molar-refractivity contribution is 0.386. The zero-order valence-corrected chi connectivity index (χ0v) is 6.52. The highest BCUT2D eigenvalue weighted by Crippen LogP contribution is 2.22. The minimum Gasteiger partial charge on any atom is -0.494 e. The fourth-order valence-corrected chi connectivity index (χ4v) is 0.827. The average molecular weight is 155 g/mol. The molecule has 0 aliphatic heterocycles. The Hall–Kier alpha value is -1.25. The van der Waals surface area contributed by atoms with Gasteiger partial charge in [-0.25, -0.2) is 4.39 Å². The third kappa shape index (κ3) is 1.42. The normalized spacial score (nSPS) is 9.73. The van der Waals surface area contributed by atoms with Gasteiger partial charge in [-0.1, -0.05) is 0 Å². The van der Waals surface area contributed by atoms with Gasteiger partial charge in [0.25, 0.3) is 0 Å². The molecule has 60 valence electrons. The maximum absolute atomic E-state index is 12.8. The zero-order valence-electron chi connectivity index (χ0n) is 6.52. The third-order valence-electron chi connectivity index (χ3n) is 1.54. The number of benzene rings is 1. The summed E-state index contributed by atoms with van der Waals surface area (Å²) in [4.78, 5) is 0. The molecule has 0 fully saturated rings. The van der Waals surface area contributed by atoms with E-state index in [4.69, 9.17) is 10.5 Å². The molecule has 0 spiro atoms. The number of hydrogen-bond donors (Lipinski definition) is 1. The molecule has 0 aromatic heterocycles. The second-order valence-electron chi connectivity index (χ2n) is 2.34. The van der Waals surface area contributed by atoms with E-state index in [1.807, 2.05) is 0 Å². The lowest BCUT2D eigenvalue weighted by Crippen LogP contribution is -1.94. The summed E-state index contributed by atoms with van der Waals surface area (Å²) in [5.74, 6) is -0.188. The summed E-state index contributed by atoms with van der Waals surface area (Å²) in [5, 5.41) is 0. The van der Waals surface area contributed by atoms with Crippen LogP contribution >= 0.6 is 0 Å². The van der Waals surface area contributed by atoms with Crippen LogP contribution in [-0.4, -0.2) is 7.11 Å². The molecule has 0 bridgehead atoms. The van der Waals surface area contributed by atoms with Crippen LogP contribution in [0.5, 0.6) is 5.75 Å². The average Bonchev–Trinajstić information content (AvgIpc) is 1.97. The molecule has 2 N–H and O–H groups in total. The Bertz CT molecular complexity index is 273. The molecule has 0 atom stereocenters. The van der Waals surface area contributed by atoms with Gasteiger partial charge in [-0.2, -0.15) is 0 Å². The molecular formula is C8H10FNO. The Morgan fingerprint density at radius 2 is 2.09 bits per heavy atom. The van der Waals surface area contributed by atoms with Gasteiger partial charge in [0.1, 0.15) is 0 Å². The molecule has 0 aliphatic carbocycles. The first-order chi connectivity index (χ1) is 5.15. The van der Waals surface area contributed by atoms with Crippen LogP contribution in [0.4, 0.5) is 10.1 Å². The van der Waals surface area contributed by atoms with Gasteiger partial charge in [0.15, 0.2) is 11.6 Å². The molecule has 1 aromatic rings. The van der Waals surface area contributed by atoms with Gasteiger partial charge in [-0.15, -0.1) is 0 Å². The van der Waals surface area contributed by atoms with Crippen LogP contribution in [0.2, 0.25) is 0 Å². The van der Waals surface area contributed by atoms with Gasteiger partial charge < -0.3 is 10.5 Å². The number of ether oxygens (including phenoxy) is 1. The fourth-order valence-electron chi connectivity index (χ4n) is 0.827. The smallest absolute Gasteiger partial charge is 0.167 e. The van der Waals surface area contributed by atoms with Crippen LogP contribution in [-0.2, 0) is 0 Å². The summed E-state index contributed by atoms with van der Waals surface area (Å²) >= 11 is 0. The van der Waals surface area contributed by atoms with Crippen molar-refractivity contribution in [2.75, 3.05) is 12.8 Å². The SMILES string of the molecule is COc1cc(C)c(N)cc1F. The van der Waals surface area contributed by atoms with Crippen LogP contribution in [0.25, 0.3) is 0 Å². The standard InChI is InChI=1S/C8H10FNO/c1-5-3-8(11-2)6(9)4-7(5)10/h3-4H,10H2,1-2H3. The van der Waals surface area contributed by atoms with E-state index < -0.39 is 5.82 Å². The highest BCUT2D eigenvalue weighted by atomic mass is 19.1. The van der Waals surface area contributed by atoms with E-state index in [2.05, 4.69) is 0 Å². The van der Waals surface area contributed by atoms with Crippen molar-refractivity contribution in [3.8, 4) is 5.75 Å². The van der Waals surface area contributed by atoms with Crippen LogP contribution < -0.4 is 10.5 Å². The Labute approximate surface area is 64.8 Å². The highest BCUT2D eigenvalue weighted by Gasteiger charge is 2.03. The molecule has 0 unspecified atom stereocenters. The second kappa shape index (κ2) is 2.78. The summed E-state index contributed by atoms with van der Waals surface area (Å²) in [6.45, 7) is 1.80. The number of methoxy groups -OCH3 is 1. The molecule has 2 nitrogen and oxygen atoms in total. The molecule has 3 heteroatoms. The van der Waals surface area contributed by atoms with Gasteiger partial charge in [0, 0.05) is 11.8 Å². The van der Waals surface area contributed by atoms with Crippen molar-refractivity contribution in [1.82, 2.24) is 0 Å². The van der Waals surface area contributed by atoms with Crippen molar-refractivity contribution in [2.45, 2.75) is 6.92 Å². The van der Waals surface area contributed by atoms with Crippen LogP contribution in [0.1, 0.15) is 5.56 Å². The minimum atomic E-state index is -0.421. The van der Waals surface area contributed by atoms with Crippen LogP contribution in [0.15, 0.2) is 12.1 Å². The maximum atomic E-state index is 12.8. The minimum absolute atomic E-state index is 0.233. The Balaban J connectivity index is 3.21. The first-order valence-electron chi connectivity index (χ1n) is 3.24. The number of anilines is 1. The highest BCUT2D eigenvalue weighted by molar-refractivity contribution is 5.50. The van der Waals surface area contributed by atoms with Gasteiger partial charge in [-0.3, -0.25) is 0 Å². The van der Waals surface area contributed by atoms with E-state index in [1.54, 1.807) is 13.0 Å². The van der Waals surface area contributed by atoms with Crippen LogP contribution in [0.3, 0.4) is 0 Å². The second-order valence-corrected chi connectivity index (χ2v) is 2.34. The number of halogens is 1. The van der Waals surface area contributed by atoms with Crippen molar-refractivity contribution < 1.29 is 9.13 Å². The Morgan fingerprint density at radius 3 is 2.64 bits per heavy atom.